The van der Waals surface area contributed by atoms with Crippen molar-refractivity contribution in [2.45, 2.75) is 51.0 Å². The molecule has 0 bridgehead atoms. The molecule has 0 aliphatic heterocycles. The highest BCUT2D eigenvalue weighted by Gasteiger charge is 2.17. The van der Waals surface area contributed by atoms with Crippen LogP contribution in [0.3, 0.4) is 0 Å². The molecule has 0 spiro atoms. The van der Waals surface area contributed by atoms with Crippen LogP contribution in [0.5, 0.6) is 0 Å². The molecule has 3 N–H and O–H groups in total. The van der Waals surface area contributed by atoms with Gasteiger partial charge in [-0.25, -0.2) is 4.39 Å². The first-order valence-electron chi connectivity index (χ1n) is 7.97. The number of carbonyl (C=O) groups is 2. The number of halogens is 1. The maximum absolute atomic E-state index is 13.1. The Hall–Kier alpha value is -2.17. The van der Waals surface area contributed by atoms with E-state index in [2.05, 4.69) is 11.9 Å². The first-order valence-corrected chi connectivity index (χ1v) is 7.97. The summed E-state index contributed by atoms with van der Waals surface area (Å²) in [6.45, 7) is 3.67. The normalized spacial score (nSPS) is 11.7. The summed E-state index contributed by atoms with van der Waals surface area (Å²) in [6, 6.07) is 5.17. The van der Waals surface area contributed by atoms with Gasteiger partial charge in [0.05, 0.1) is 6.42 Å². The second kappa shape index (κ2) is 10.5. The van der Waals surface area contributed by atoms with E-state index in [9.17, 15) is 14.0 Å². The van der Waals surface area contributed by atoms with E-state index in [1.165, 1.54) is 12.1 Å². The summed E-state index contributed by atoms with van der Waals surface area (Å²) < 4.78 is 13.1. The number of carbonyl (C=O) groups excluding carboxylic acids is 2. The fourth-order valence-electron chi connectivity index (χ4n) is 2.35. The molecule has 126 valence electrons. The summed E-state index contributed by atoms with van der Waals surface area (Å²) in [7, 11) is 0. The van der Waals surface area contributed by atoms with Crippen LogP contribution in [0.25, 0.3) is 0 Å². The molecule has 0 heterocycles. The molecule has 1 atom stereocenters. The van der Waals surface area contributed by atoms with Gasteiger partial charge in [0.15, 0.2) is 0 Å². The van der Waals surface area contributed by atoms with E-state index in [0.29, 0.717) is 12.0 Å². The van der Waals surface area contributed by atoms with Crippen molar-refractivity contribution >= 4 is 11.8 Å². The second-order valence-electron chi connectivity index (χ2n) is 5.61. The van der Waals surface area contributed by atoms with E-state index in [4.69, 9.17) is 5.73 Å². The molecular formula is C18H25FN2O2. The third-order valence-electron chi connectivity index (χ3n) is 3.58. The first kappa shape index (κ1) is 18.9. The maximum atomic E-state index is 13.1. The summed E-state index contributed by atoms with van der Waals surface area (Å²) in [6.07, 6.45) is 7.38. The van der Waals surface area contributed by atoms with Crippen LogP contribution in [-0.4, -0.2) is 17.9 Å². The highest BCUT2D eigenvalue weighted by molar-refractivity contribution is 5.87. The molecule has 0 aliphatic rings. The predicted molar refractivity (Wildman–Crippen MR) is 89.1 cm³/mol. The number of rotatable bonds is 11. The molecule has 0 unspecified atom stereocenters. The quantitative estimate of drug-likeness (QED) is 0.486. The van der Waals surface area contributed by atoms with Crippen molar-refractivity contribution < 1.29 is 14.0 Å². The molecule has 4 nitrogen and oxygen atoms in total. The number of unbranched alkanes of at least 4 members (excludes halogenated alkanes) is 4. The van der Waals surface area contributed by atoms with Gasteiger partial charge in [0.1, 0.15) is 11.9 Å². The van der Waals surface area contributed by atoms with Gasteiger partial charge < -0.3 is 11.1 Å². The maximum Gasteiger partial charge on any atom is 0.239 e. The Labute approximate surface area is 136 Å². The van der Waals surface area contributed by atoms with Crippen LogP contribution in [0.15, 0.2) is 36.9 Å². The highest BCUT2D eigenvalue weighted by Crippen LogP contribution is 2.09. The van der Waals surface area contributed by atoms with E-state index < -0.39 is 11.9 Å². The number of hydrogen-bond acceptors (Lipinski definition) is 2. The van der Waals surface area contributed by atoms with Gasteiger partial charge in [0.25, 0.3) is 0 Å². The lowest BCUT2D eigenvalue weighted by molar-refractivity contribution is -0.127. The second-order valence-corrected chi connectivity index (χ2v) is 5.61. The minimum Gasteiger partial charge on any atom is -0.368 e. The number of nitrogens with one attached hydrogen (secondary N) is 1. The molecule has 23 heavy (non-hydrogen) atoms. The van der Waals surface area contributed by atoms with Crippen molar-refractivity contribution in [2.24, 2.45) is 5.73 Å². The summed E-state index contributed by atoms with van der Waals surface area (Å²) in [4.78, 5) is 23.4. The van der Waals surface area contributed by atoms with E-state index in [1.54, 1.807) is 12.1 Å². The van der Waals surface area contributed by atoms with Crippen LogP contribution in [0, 0.1) is 5.82 Å². The van der Waals surface area contributed by atoms with E-state index in [0.717, 1.165) is 32.1 Å². The third-order valence-corrected chi connectivity index (χ3v) is 3.58. The molecule has 0 aromatic heterocycles. The molecule has 2 amide bonds. The van der Waals surface area contributed by atoms with Gasteiger partial charge in [-0.05, 0) is 37.0 Å². The molecule has 0 saturated heterocycles. The minimum atomic E-state index is -0.671. The van der Waals surface area contributed by atoms with Crippen molar-refractivity contribution in [2.75, 3.05) is 0 Å². The van der Waals surface area contributed by atoms with Gasteiger partial charge in [-0.15, -0.1) is 6.58 Å². The van der Waals surface area contributed by atoms with Gasteiger partial charge in [0.2, 0.25) is 11.8 Å². The van der Waals surface area contributed by atoms with E-state index in [1.807, 2.05) is 6.08 Å². The smallest absolute Gasteiger partial charge is 0.239 e. The van der Waals surface area contributed by atoms with Crippen LogP contribution in [-0.2, 0) is 16.0 Å². The number of hydrogen-bond donors (Lipinski definition) is 2. The number of allylic oxidation sites excluding steroid dienone is 1. The molecule has 1 rings (SSSR count). The molecule has 0 fully saturated rings. The Morgan fingerprint density at radius 2 is 2.00 bits per heavy atom. The fourth-order valence-corrected chi connectivity index (χ4v) is 2.35. The standard InChI is InChI=1S/C18H25FN2O2/c1-2-3-4-5-6-7-11-16(18(20)23)21-17(22)13-14-9-8-10-15(19)12-14/h2,8-10,12,16H,1,3-7,11,13H2,(H2,20,23)(H,21,22)/t16-/m1/s1. The number of benzene rings is 1. The van der Waals surface area contributed by atoms with Crippen molar-refractivity contribution in [3.8, 4) is 0 Å². The van der Waals surface area contributed by atoms with Gasteiger partial charge in [-0.2, -0.15) is 0 Å². The van der Waals surface area contributed by atoms with Gasteiger partial charge in [-0.3, -0.25) is 9.59 Å². The molecule has 0 aliphatic carbocycles. The molecule has 1 aromatic rings. The lowest BCUT2D eigenvalue weighted by Gasteiger charge is -2.15. The Kier molecular flexibility index (Phi) is 8.65. The van der Waals surface area contributed by atoms with Crippen LogP contribution in [0.2, 0.25) is 0 Å². The first-order chi connectivity index (χ1) is 11.0. The Morgan fingerprint density at radius 1 is 1.26 bits per heavy atom. The van der Waals surface area contributed by atoms with E-state index >= 15 is 0 Å². The highest BCUT2D eigenvalue weighted by atomic mass is 19.1. The van der Waals surface area contributed by atoms with Crippen molar-refractivity contribution in [1.29, 1.82) is 0 Å². The Bertz CT molecular complexity index is 532. The molecule has 5 heteroatoms. The average Bonchev–Trinajstić information content (AvgIpc) is 2.49. The van der Waals surface area contributed by atoms with Crippen LogP contribution in [0.4, 0.5) is 4.39 Å². The zero-order valence-electron chi connectivity index (χ0n) is 13.4. The largest absolute Gasteiger partial charge is 0.368 e. The molecular weight excluding hydrogens is 295 g/mol. The Balaban J connectivity index is 2.38. The molecule has 1 aromatic carbocycles. The van der Waals surface area contributed by atoms with E-state index in [-0.39, 0.29) is 18.1 Å². The minimum absolute atomic E-state index is 0.0286. The summed E-state index contributed by atoms with van der Waals surface area (Å²) >= 11 is 0. The number of amides is 2. The lowest BCUT2D eigenvalue weighted by Crippen LogP contribution is -2.44. The zero-order valence-corrected chi connectivity index (χ0v) is 13.4. The summed E-state index contributed by atoms with van der Waals surface area (Å²) in [5.74, 6) is -1.25. The van der Waals surface area contributed by atoms with Crippen molar-refractivity contribution in [1.82, 2.24) is 5.32 Å². The fraction of sp³-hybridized carbons (Fsp3) is 0.444. The SMILES string of the molecule is C=CCCCCCC[C@@H](NC(=O)Cc1cccc(F)c1)C(N)=O. The predicted octanol–water partition coefficient (Wildman–Crippen LogP) is 2.86. The van der Waals surface area contributed by atoms with Crippen molar-refractivity contribution in [3.63, 3.8) is 0 Å². The average molecular weight is 320 g/mol. The zero-order chi connectivity index (χ0) is 17.1. The van der Waals surface area contributed by atoms with Crippen LogP contribution < -0.4 is 11.1 Å². The van der Waals surface area contributed by atoms with Crippen LogP contribution in [0.1, 0.15) is 44.1 Å². The van der Waals surface area contributed by atoms with Crippen LogP contribution >= 0.6 is 0 Å². The van der Waals surface area contributed by atoms with Gasteiger partial charge >= 0.3 is 0 Å². The summed E-state index contributed by atoms with van der Waals surface area (Å²) in [5.41, 5.74) is 5.90. The molecule has 0 saturated carbocycles. The molecule has 0 radical (unpaired) electrons. The van der Waals surface area contributed by atoms with Gasteiger partial charge in [-0.1, -0.05) is 37.5 Å². The number of nitrogens with two attached hydrogens (primary N) is 1. The summed E-state index contributed by atoms with van der Waals surface area (Å²) in [5, 5.41) is 2.63. The lowest BCUT2D eigenvalue weighted by atomic mass is 10.0. The monoisotopic (exact) mass is 320 g/mol. The topological polar surface area (TPSA) is 72.2 Å². The third kappa shape index (κ3) is 8.14. The Morgan fingerprint density at radius 3 is 2.65 bits per heavy atom. The van der Waals surface area contributed by atoms with Crippen molar-refractivity contribution in [3.05, 3.63) is 48.3 Å². The number of primary amides is 1. The van der Waals surface area contributed by atoms with Gasteiger partial charge in [0, 0.05) is 0 Å².